The normalized spacial score (nSPS) is 31.4. The third-order valence-corrected chi connectivity index (χ3v) is 3.59. The molecule has 0 saturated heterocycles. The van der Waals surface area contributed by atoms with E-state index in [1.807, 2.05) is 0 Å². The summed E-state index contributed by atoms with van der Waals surface area (Å²) >= 11 is 0. The maximum atomic E-state index is 9.81. The summed E-state index contributed by atoms with van der Waals surface area (Å²) in [6.07, 6.45) is 5.34. The summed E-state index contributed by atoms with van der Waals surface area (Å²) in [6, 6.07) is 0. The highest BCUT2D eigenvalue weighted by atomic mass is 16.5. The summed E-state index contributed by atoms with van der Waals surface area (Å²) in [7, 11) is 0. The van der Waals surface area contributed by atoms with Crippen LogP contribution < -0.4 is 0 Å². The molecule has 3 heteroatoms. The predicted molar refractivity (Wildman–Crippen MR) is 59.2 cm³/mol. The van der Waals surface area contributed by atoms with Gasteiger partial charge in [0, 0.05) is 6.42 Å². The first-order valence-corrected chi connectivity index (χ1v) is 6.19. The maximum Gasteiger partial charge on any atom is 0.151 e. The summed E-state index contributed by atoms with van der Waals surface area (Å²) in [4.78, 5) is 0. The van der Waals surface area contributed by atoms with Crippen LogP contribution in [0.3, 0.4) is 0 Å². The Morgan fingerprint density at radius 1 is 1.20 bits per heavy atom. The van der Waals surface area contributed by atoms with Crippen molar-refractivity contribution in [2.24, 2.45) is 11.8 Å². The lowest BCUT2D eigenvalue weighted by Gasteiger charge is -2.22. The minimum Gasteiger partial charge on any atom is -0.393 e. The first kappa shape index (κ1) is 12.9. The molecule has 1 aliphatic carbocycles. The molecule has 0 bridgehead atoms. The zero-order valence-corrected chi connectivity index (χ0v) is 9.60. The second kappa shape index (κ2) is 6.46. The molecule has 0 heterocycles. The lowest BCUT2D eigenvalue weighted by Crippen LogP contribution is -2.22. The van der Waals surface area contributed by atoms with Crippen LogP contribution in [0.15, 0.2) is 0 Å². The third kappa shape index (κ3) is 4.09. The van der Waals surface area contributed by atoms with E-state index < -0.39 is 6.29 Å². The molecule has 0 aromatic carbocycles. The Labute approximate surface area is 92.1 Å². The minimum absolute atomic E-state index is 0.217. The van der Waals surface area contributed by atoms with Crippen molar-refractivity contribution < 1.29 is 15.3 Å². The van der Waals surface area contributed by atoms with Gasteiger partial charge in [-0.2, -0.15) is 0 Å². The molecular weight excluding hydrogens is 192 g/mol. The molecule has 15 heavy (non-hydrogen) atoms. The van der Waals surface area contributed by atoms with E-state index in [4.69, 9.17) is 10.2 Å². The van der Waals surface area contributed by atoms with Gasteiger partial charge in [-0.15, -0.1) is 0 Å². The van der Waals surface area contributed by atoms with Gasteiger partial charge in [0.25, 0.3) is 0 Å². The number of unbranched alkanes of at least 4 members (excludes halogenated alkanes) is 2. The van der Waals surface area contributed by atoms with Gasteiger partial charge in [0.1, 0.15) is 0 Å². The van der Waals surface area contributed by atoms with E-state index in [0.717, 1.165) is 25.7 Å². The summed E-state index contributed by atoms with van der Waals surface area (Å²) in [5.41, 5.74) is 0. The van der Waals surface area contributed by atoms with Crippen molar-refractivity contribution in [2.45, 2.75) is 64.3 Å². The standard InChI is InChI=1S/C12H24O3/c1-2-3-4-5-10-9(8-12(14)15)6-7-11(10)13/h9-15H,2-8H2,1H3. The second-order valence-corrected chi connectivity index (χ2v) is 4.78. The molecule has 3 nitrogen and oxygen atoms in total. The topological polar surface area (TPSA) is 60.7 Å². The fourth-order valence-electron chi connectivity index (χ4n) is 2.75. The SMILES string of the molecule is CCCCCC1C(O)CCC1CC(O)O. The van der Waals surface area contributed by atoms with Crippen molar-refractivity contribution in [3.8, 4) is 0 Å². The number of aliphatic hydroxyl groups is 3. The fourth-order valence-corrected chi connectivity index (χ4v) is 2.75. The lowest BCUT2D eigenvalue weighted by atomic mass is 9.87. The van der Waals surface area contributed by atoms with Crippen LogP contribution in [0.4, 0.5) is 0 Å². The van der Waals surface area contributed by atoms with Crippen molar-refractivity contribution in [1.29, 1.82) is 0 Å². The summed E-state index contributed by atoms with van der Waals surface area (Å²) in [6.45, 7) is 2.17. The van der Waals surface area contributed by atoms with E-state index in [0.29, 0.717) is 18.3 Å². The van der Waals surface area contributed by atoms with Gasteiger partial charge in [0.15, 0.2) is 6.29 Å². The number of hydrogen-bond donors (Lipinski definition) is 3. The number of rotatable bonds is 6. The van der Waals surface area contributed by atoms with E-state index in [2.05, 4.69) is 6.92 Å². The third-order valence-electron chi connectivity index (χ3n) is 3.59. The Balaban J connectivity index is 2.35. The molecule has 1 fully saturated rings. The van der Waals surface area contributed by atoms with Crippen molar-refractivity contribution in [3.63, 3.8) is 0 Å². The highest BCUT2D eigenvalue weighted by molar-refractivity contribution is 4.84. The Kier molecular flexibility index (Phi) is 5.58. The highest BCUT2D eigenvalue weighted by Gasteiger charge is 2.34. The van der Waals surface area contributed by atoms with Gasteiger partial charge >= 0.3 is 0 Å². The molecule has 0 aromatic rings. The number of hydrogen-bond acceptors (Lipinski definition) is 3. The molecule has 0 aliphatic heterocycles. The van der Waals surface area contributed by atoms with Gasteiger partial charge in [0.2, 0.25) is 0 Å². The van der Waals surface area contributed by atoms with E-state index in [9.17, 15) is 5.11 Å². The fraction of sp³-hybridized carbons (Fsp3) is 1.00. The molecule has 1 rings (SSSR count). The first-order valence-electron chi connectivity index (χ1n) is 6.19. The Bertz CT molecular complexity index is 170. The van der Waals surface area contributed by atoms with Gasteiger partial charge in [-0.05, 0) is 31.1 Å². The van der Waals surface area contributed by atoms with Crippen LogP contribution in [0.25, 0.3) is 0 Å². The predicted octanol–water partition coefficient (Wildman–Crippen LogP) is 1.65. The van der Waals surface area contributed by atoms with E-state index >= 15 is 0 Å². The van der Waals surface area contributed by atoms with Crippen molar-refractivity contribution >= 4 is 0 Å². The van der Waals surface area contributed by atoms with Gasteiger partial charge in [-0.25, -0.2) is 0 Å². The van der Waals surface area contributed by atoms with Crippen molar-refractivity contribution in [3.05, 3.63) is 0 Å². The largest absolute Gasteiger partial charge is 0.393 e. The first-order chi connectivity index (χ1) is 7.15. The quantitative estimate of drug-likeness (QED) is 0.467. The minimum atomic E-state index is -1.21. The molecular formula is C12H24O3. The van der Waals surface area contributed by atoms with Crippen LogP contribution >= 0.6 is 0 Å². The van der Waals surface area contributed by atoms with Crippen molar-refractivity contribution in [1.82, 2.24) is 0 Å². The van der Waals surface area contributed by atoms with E-state index in [1.165, 1.54) is 12.8 Å². The van der Waals surface area contributed by atoms with Gasteiger partial charge in [-0.3, -0.25) is 0 Å². The molecule has 3 atom stereocenters. The van der Waals surface area contributed by atoms with Crippen LogP contribution in [0.2, 0.25) is 0 Å². The van der Waals surface area contributed by atoms with Crippen LogP contribution in [0.1, 0.15) is 51.9 Å². The summed E-state index contributed by atoms with van der Waals surface area (Å²) < 4.78 is 0. The van der Waals surface area contributed by atoms with Crippen LogP contribution in [0, 0.1) is 11.8 Å². The average molecular weight is 216 g/mol. The van der Waals surface area contributed by atoms with Gasteiger partial charge in [0.05, 0.1) is 6.10 Å². The van der Waals surface area contributed by atoms with Crippen LogP contribution in [-0.4, -0.2) is 27.7 Å². The maximum absolute atomic E-state index is 9.81. The second-order valence-electron chi connectivity index (χ2n) is 4.78. The molecule has 0 spiro atoms. The Morgan fingerprint density at radius 3 is 2.53 bits per heavy atom. The smallest absolute Gasteiger partial charge is 0.151 e. The average Bonchev–Trinajstić information content (AvgIpc) is 2.49. The monoisotopic (exact) mass is 216 g/mol. The van der Waals surface area contributed by atoms with Gasteiger partial charge < -0.3 is 15.3 Å². The zero-order chi connectivity index (χ0) is 11.3. The van der Waals surface area contributed by atoms with E-state index in [-0.39, 0.29) is 6.10 Å². The molecule has 0 amide bonds. The zero-order valence-electron chi connectivity index (χ0n) is 9.60. The molecule has 90 valence electrons. The van der Waals surface area contributed by atoms with Gasteiger partial charge in [-0.1, -0.05) is 26.2 Å². The molecule has 0 radical (unpaired) electrons. The van der Waals surface area contributed by atoms with Crippen LogP contribution in [-0.2, 0) is 0 Å². The van der Waals surface area contributed by atoms with Crippen molar-refractivity contribution in [2.75, 3.05) is 0 Å². The van der Waals surface area contributed by atoms with E-state index in [1.54, 1.807) is 0 Å². The Morgan fingerprint density at radius 2 is 1.93 bits per heavy atom. The Hall–Kier alpha value is -0.120. The number of aliphatic hydroxyl groups excluding tert-OH is 2. The highest BCUT2D eigenvalue weighted by Crippen LogP contribution is 2.38. The summed E-state index contributed by atoms with van der Waals surface area (Å²) in [5.74, 6) is 0.593. The lowest BCUT2D eigenvalue weighted by molar-refractivity contribution is -0.0620. The molecule has 3 unspecified atom stereocenters. The summed E-state index contributed by atoms with van der Waals surface area (Å²) in [5, 5.41) is 27.7. The molecule has 0 aromatic heterocycles. The molecule has 1 saturated carbocycles. The molecule has 1 aliphatic rings. The molecule has 3 N–H and O–H groups in total. The van der Waals surface area contributed by atoms with Crippen LogP contribution in [0.5, 0.6) is 0 Å².